The van der Waals surface area contributed by atoms with Gasteiger partial charge in [0.1, 0.15) is 12.4 Å². The first-order chi connectivity index (χ1) is 13.1. The molecule has 0 aliphatic carbocycles. The van der Waals surface area contributed by atoms with E-state index >= 15 is 0 Å². The lowest BCUT2D eigenvalue weighted by molar-refractivity contribution is 0.354. The van der Waals surface area contributed by atoms with E-state index in [1.165, 1.54) is 0 Å². The van der Waals surface area contributed by atoms with Gasteiger partial charge in [-0.2, -0.15) is 0 Å². The molecule has 0 aliphatic rings. The molecule has 0 fully saturated rings. The molecule has 28 heavy (non-hydrogen) atoms. The van der Waals surface area contributed by atoms with Gasteiger partial charge in [-0.15, -0.1) is 24.0 Å². The smallest absolute Gasteiger partial charge is 0.189 e. The van der Waals surface area contributed by atoms with Gasteiger partial charge in [0, 0.05) is 6.54 Å². The van der Waals surface area contributed by atoms with Crippen molar-refractivity contribution in [3.8, 4) is 11.5 Å². The lowest BCUT2D eigenvalue weighted by atomic mass is 10.1. The molecular formula is C20H26IN5O2. The number of aromatic amines is 1. The van der Waals surface area contributed by atoms with Gasteiger partial charge in [-0.05, 0) is 42.7 Å². The Morgan fingerprint density at radius 1 is 1.18 bits per heavy atom. The Morgan fingerprint density at radius 2 is 1.96 bits per heavy atom. The van der Waals surface area contributed by atoms with E-state index in [2.05, 4.69) is 20.3 Å². The monoisotopic (exact) mass is 495 g/mol. The molecule has 4 N–H and O–H groups in total. The second-order valence-corrected chi connectivity index (χ2v) is 6.22. The van der Waals surface area contributed by atoms with Crippen LogP contribution in [0.2, 0.25) is 0 Å². The zero-order valence-corrected chi connectivity index (χ0v) is 18.6. The van der Waals surface area contributed by atoms with E-state index in [9.17, 15) is 0 Å². The number of benzene rings is 2. The fraction of sp³-hybridized carbons (Fsp3) is 0.300. The molecule has 3 rings (SSSR count). The van der Waals surface area contributed by atoms with Gasteiger partial charge in [0.2, 0.25) is 0 Å². The number of H-pyrrole nitrogens is 1. The highest BCUT2D eigenvalue weighted by Gasteiger charge is 2.06. The third-order valence-electron chi connectivity index (χ3n) is 4.33. The SMILES string of the molecule is COc1ccc(CCNC(N)=NCc2nc3c(C)cccc3[nH]2)cc1OC.I. The minimum Gasteiger partial charge on any atom is -0.493 e. The molecule has 0 amide bonds. The number of para-hydroxylation sites is 1. The Bertz CT molecular complexity index is 955. The van der Waals surface area contributed by atoms with Crippen molar-refractivity contribution in [2.24, 2.45) is 10.7 Å². The molecule has 0 unspecified atom stereocenters. The summed E-state index contributed by atoms with van der Waals surface area (Å²) in [5.41, 5.74) is 10.2. The van der Waals surface area contributed by atoms with Crippen LogP contribution < -0.4 is 20.5 Å². The summed E-state index contributed by atoms with van der Waals surface area (Å²) in [6, 6.07) is 11.9. The second-order valence-electron chi connectivity index (χ2n) is 6.22. The molecule has 150 valence electrons. The molecule has 0 bridgehead atoms. The Kier molecular flexibility index (Phi) is 7.91. The van der Waals surface area contributed by atoms with E-state index in [4.69, 9.17) is 15.2 Å². The predicted molar refractivity (Wildman–Crippen MR) is 123 cm³/mol. The summed E-state index contributed by atoms with van der Waals surface area (Å²) in [6.45, 7) is 3.12. The number of hydrogen-bond acceptors (Lipinski definition) is 4. The number of aromatic nitrogens is 2. The first kappa shape index (κ1) is 21.8. The van der Waals surface area contributed by atoms with Crippen LogP contribution in [0.15, 0.2) is 41.4 Å². The van der Waals surface area contributed by atoms with Crippen molar-refractivity contribution in [1.29, 1.82) is 0 Å². The van der Waals surface area contributed by atoms with Gasteiger partial charge in [-0.25, -0.2) is 9.98 Å². The maximum Gasteiger partial charge on any atom is 0.189 e. The zero-order valence-electron chi connectivity index (χ0n) is 16.3. The summed E-state index contributed by atoms with van der Waals surface area (Å²) in [6.07, 6.45) is 0.792. The molecule has 0 saturated carbocycles. The van der Waals surface area contributed by atoms with Gasteiger partial charge in [0.15, 0.2) is 17.5 Å². The fourth-order valence-electron chi connectivity index (χ4n) is 2.89. The molecule has 3 aromatic rings. The van der Waals surface area contributed by atoms with Gasteiger partial charge < -0.3 is 25.5 Å². The standard InChI is InChI=1S/C20H25N5O2.HI/c1-13-5-4-6-15-19(13)25-18(24-15)12-23-20(21)22-10-9-14-7-8-16(26-2)17(11-14)27-3;/h4-8,11H,9-10,12H2,1-3H3,(H,24,25)(H3,21,22,23);1H. The van der Waals surface area contributed by atoms with E-state index in [1.807, 2.05) is 43.3 Å². The van der Waals surface area contributed by atoms with Crippen LogP contribution in [0.5, 0.6) is 11.5 Å². The summed E-state index contributed by atoms with van der Waals surface area (Å²) in [5.74, 6) is 2.63. The van der Waals surface area contributed by atoms with Crippen molar-refractivity contribution in [3.63, 3.8) is 0 Å². The molecule has 0 radical (unpaired) electrons. The molecule has 0 saturated heterocycles. The largest absolute Gasteiger partial charge is 0.493 e. The number of fused-ring (bicyclic) bond motifs is 1. The average Bonchev–Trinajstić information content (AvgIpc) is 3.11. The second kappa shape index (κ2) is 10.2. The number of imidazole rings is 1. The first-order valence-electron chi connectivity index (χ1n) is 8.79. The quantitative estimate of drug-likeness (QED) is 0.266. The van der Waals surface area contributed by atoms with Crippen LogP contribution in [0, 0.1) is 6.92 Å². The fourth-order valence-corrected chi connectivity index (χ4v) is 2.89. The highest BCUT2D eigenvalue weighted by atomic mass is 127. The maximum atomic E-state index is 5.96. The van der Waals surface area contributed by atoms with Gasteiger partial charge in [0.25, 0.3) is 0 Å². The number of methoxy groups -OCH3 is 2. The number of guanidine groups is 1. The third kappa shape index (κ3) is 5.28. The Labute approximate surface area is 181 Å². The van der Waals surface area contributed by atoms with Crippen LogP contribution >= 0.6 is 24.0 Å². The van der Waals surface area contributed by atoms with Crippen molar-refractivity contribution >= 4 is 41.0 Å². The number of hydrogen-bond donors (Lipinski definition) is 3. The lowest BCUT2D eigenvalue weighted by Gasteiger charge is -2.10. The van der Waals surface area contributed by atoms with Crippen LogP contribution in [0.3, 0.4) is 0 Å². The molecule has 7 nitrogen and oxygen atoms in total. The van der Waals surface area contributed by atoms with E-state index in [1.54, 1.807) is 14.2 Å². The molecule has 1 heterocycles. The summed E-state index contributed by atoms with van der Waals surface area (Å²) < 4.78 is 10.6. The number of nitrogens with zero attached hydrogens (tertiary/aromatic N) is 2. The summed E-state index contributed by atoms with van der Waals surface area (Å²) >= 11 is 0. The Balaban J connectivity index is 0.00000280. The van der Waals surface area contributed by atoms with E-state index in [-0.39, 0.29) is 24.0 Å². The lowest BCUT2D eigenvalue weighted by Crippen LogP contribution is -2.33. The number of rotatable bonds is 7. The number of aliphatic imine (C=N–C) groups is 1. The molecule has 0 aliphatic heterocycles. The van der Waals surface area contributed by atoms with E-state index < -0.39 is 0 Å². The summed E-state index contributed by atoms with van der Waals surface area (Å²) in [4.78, 5) is 12.2. The molecular weight excluding hydrogens is 469 g/mol. The summed E-state index contributed by atoms with van der Waals surface area (Å²) in [5, 5.41) is 3.13. The van der Waals surface area contributed by atoms with Crippen LogP contribution in [0.25, 0.3) is 11.0 Å². The number of halogens is 1. The zero-order chi connectivity index (χ0) is 19.2. The Morgan fingerprint density at radius 3 is 2.68 bits per heavy atom. The van der Waals surface area contributed by atoms with Crippen LogP contribution in [-0.2, 0) is 13.0 Å². The van der Waals surface area contributed by atoms with Gasteiger partial charge in [-0.3, -0.25) is 0 Å². The normalized spacial score (nSPS) is 11.2. The molecule has 0 atom stereocenters. The maximum absolute atomic E-state index is 5.96. The van der Waals surface area contributed by atoms with E-state index in [0.717, 1.165) is 45.9 Å². The van der Waals surface area contributed by atoms with Crippen LogP contribution in [0.1, 0.15) is 17.0 Å². The van der Waals surface area contributed by atoms with Crippen molar-refractivity contribution in [2.75, 3.05) is 20.8 Å². The molecule has 1 aromatic heterocycles. The van der Waals surface area contributed by atoms with Crippen molar-refractivity contribution in [3.05, 3.63) is 53.3 Å². The third-order valence-corrected chi connectivity index (χ3v) is 4.33. The topological polar surface area (TPSA) is 97.5 Å². The molecule has 8 heteroatoms. The number of nitrogens with two attached hydrogens (primary N) is 1. The average molecular weight is 495 g/mol. The van der Waals surface area contributed by atoms with Crippen LogP contribution in [0.4, 0.5) is 0 Å². The minimum atomic E-state index is 0. The highest BCUT2D eigenvalue weighted by molar-refractivity contribution is 14.0. The van der Waals surface area contributed by atoms with Crippen molar-refractivity contribution < 1.29 is 9.47 Å². The number of aryl methyl sites for hydroxylation is 1. The minimum absolute atomic E-state index is 0. The molecule has 0 spiro atoms. The summed E-state index contributed by atoms with van der Waals surface area (Å²) in [7, 11) is 3.25. The Hall–Kier alpha value is -2.49. The highest BCUT2D eigenvalue weighted by Crippen LogP contribution is 2.27. The van der Waals surface area contributed by atoms with Crippen LogP contribution in [-0.4, -0.2) is 36.7 Å². The van der Waals surface area contributed by atoms with Gasteiger partial charge in [0.05, 0.1) is 25.3 Å². The van der Waals surface area contributed by atoms with Crippen molar-refractivity contribution in [2.45, 2.75) is 19.9 Å². The van der Waals surface area contributed by atoms with Crippen molar-refractivity contribution in [1.82, 2.24) is 15.3 Å². The van der Waals surface area contributed by atoms with Gasteiger partial charge in [-0.1, -0.05) is 18.2 Å². The predicted octanol–water partition coefficient (Wildman–Crippen LogP) is 3.15. The first-order valence-corrected chi connectivity index (χ1v) is 8.79. The van der Waals surface area contributed by atoms with Gasteiger partial charge >= 0.3 is 0 Å². The number of nitrogens with one attached hydrogen (secondary N) is 2. The number of ether oxygens (including phenoxy) is 2. The van der Waals surface area contributed by atoms with E-state index in [0.29, 0.717) is 19.0 Å². The molecule has 2 aromatic carbocycles.